The molecular formula is C16H21ClN4. The lowest BCUT2D eigenvalue weighted by Gasteiger charge is -2.12. The molecule has 0 aliphatic heterocycles. The van der Waals surface area contributed by atoms with Crippen LogP contribution < -0.4 is 5.32 Å². The minimum absolute atomic E-state index is 0.671. The summed E-state index contributed by atoms with van der Waals surface area (Å²) in [5.74, 6) is 1.89. The van der Waals surface area contributed by atoms with Crippen molar-refractivity contribution in [1.29, 1.82) is 0 Å². The van der Waals surface area contributed by atoms with Crippen molar-refractivity contribution in [2.75, 3.05) is 0 Å². The lowest BCUT2D eigenvalue weighted by molar-refractivity contribution is 0.677. The van der Waals surface area contributed by atoms with Crippen molar-refractivity contribution in [3.63, 3.8) is 0 Å². The minimum Gasteiger partial charge on any atom is -0.310 e. The number of hydrogen-bond donors (Lipinski definition) is 1. The summed E-state index contributed by atoms with van der Waals surface area (Å²) in [6, 6.07) is 6.66. The van der Waals surface area contributed by atoms with Crippen LogP contribution in [0.2, 0.25) is 5.02 Å². The molecule has 2 aromatic rings. The Morgan fingerprint density at radius 1 is 1.29 bits per heavy atom. The van der Waals surface area contributed by atoms with E-state index in [-0.39, 0.29) is 0 Å². The van der Waals surface area contributed by atoms with Gasteiger partial charge in [-0.05, 0) is 36.6 Å². The van der Waals surface area contributed by atoms with Gasteiger partial charge in [0.1, 0.15) is 5.82 Å². The van der Waals surface area contributed by atoms with Gasteiger partial charge in [0.05, 0.1) is 5.69 Å². The van der Waals surface area contributed by atoms with Gasteiger partial charge in [-0.2, -0.15) is 5.10 Å². The maximum atomic E-state index is 6.17. The Hall–Kier alpha value is -1.39. The van der Waals surface area contributed by atoms with Gasteiger partial charge in [-0.1, -0.05) is 25.4 Å². The Morgan fingerprint density at radius 3 is 2.76 bits per heavy atom. The van der Waals surface area contributed by atoms with E-state index in [1.807, 2.05) is 22.9 Å². The summed E-state index contributed by atoms with van der Waals surface area (Å²) < 4.78 is 1.97. The Labute approximate surface area is 130 Å². The molecule has 0 radical (unpaired) electrons. The fourth-order valence-electron chi connectivity index (χ4n) is 2.41. The number of hydrogen-bond acceptors (Lipinski definition) is 3. The number of benzene rings is 1. The predicted octanol–water partition coefficient (Wildman–Crippen LogP) is 3.30. The SMILES string of the molecule is CCc1nc(CC)n(-c2ccc(Cl)cc2CNC2CC2)n1. The number of aryl methyl sites for hydroxylation is 2. The molecule has 1 aliphatic rings. The predicted molar refractivity (Wildman–Crippen MR) is 85.0 cm³/mol. The van der Waals surface area contributed by atoms with E-state index in [0.717, 1.165) is 41.7 Å². The van der Waals surface area contributed by atoms with E-state index in [1.165, 1.54) is 18.4 Å². The molecule has 0 bridgehead atoms. The Morgan fingerprint density at radius 2 is 2.10 bits per heavy atom. The monoisotopic (exact) mass is 304 g/mol. The van der Waals surface area contributed by atoms with Crippen molar-refractivity contribution in [1.82, 2.24) is 20.1 Å². The molecule has 1 aromatic carbocycles. The summed E-state index contributed by atoms with van der Waals surface area (Å²) in [4.78, 5) is 4.59. The van der Waals surface area contributed by atoms with E-state index >= 15 is 0 Å². The van der Waals surface area contributed by atoms with Gasteiger partial charge in [0.25, 0.3) is 0 Å². The molecule has 1 saturated carbocycles. The molecule has 5 heteroatoms. The van der Waals surface area contributed by atoms with Gasteiger partial charge in [0.15, 0.2) is 5.82 Å². The van der Waals surface area contributed by atoms with Crippen molar-refractivity contribution in [3.8, 4) is 5.69 Å². The molecule has 3 rings (SSSR count). The van der Waals surface area contributed by atoms with Gasteiger partial charge in [0, 0.05) is 30.5 Å². The number of nitrogens with zero attached hydrogens (tertiary/aromatic N) is 3. The minimum atomic E-state index is 0.671. The molecule has 112 valence electrons. The van der Waals surface area contributed by atoms with Crippen LogP contribution in [0.5, 0.6) is 0 Å². The number of nitrogens with one attached hydrogen (secondary N) is 1. The highest BCUT2D eigenvalue weighted by molar-refractivity contribution is 6.30. The van der Waals surface area contributed by atoms with Crippen LogP contribution in [-0.4, -0.2) is 20.8 Å². The van der Waals surface area contributed by atoms with E-state index in [9.17, 15) is 0 Å². The summed E-state index contributed by atoms with van der Waals surface area (Å²) in [5.41, 5.74) is 2.26. The summed E-state index contributed by atoms with van der Waals surface area (Å²) in [6.45, 7) is 5.01. The van der Waals surface area contributed by atoms with Crippen LogP contribution in [-0.2, 0) is 19.4 Å². The Kier molecular flexibility index (Phi) is 4.27. The van der Waals surface area contributed by atoms with Crippen LogP contribution in [0.1, 0.15) is 43.9 Å². The smallest absolute Gasteiger partial charge is 0.151 e. The zero-order valence-corrected chi connectivity index (χ0v) is 13.3. The van der Waals surface area contributed by atoms with Gasteiger partial charge in [-0.15, -0.1) is 0 Å². The lowest BCUT2D eigenvalue weighted by atomic mass is 10.1. The molecule has 1 aliphatic carbocycles. The molecule has 1 aromatic heterocycles. The van der Waals surface area contributed by atoms with E-state index in [1.54, 1.807) is 0 Å². The van der Waals surface area contributed by atoms with Crippen molar-refractivity contribution < 1.29 is 0 Å². The van der Waals surface area contributed by atoms with Crippen LogP contribution in [0, 0.1) is 0 Å². The van der Waals surface area contributed by atoms with E-state index in [2.05, 4.69) is 29.2 Å². The van der Waals surface area contributed by atoms with Gasteiger partial charge in [-0.3, -0.25) is 0 Å². The summed E-state index contributed by atoms with van der Waals surface area (Å²) >= 11 is 6.17. The second kappa shape index (κ2) is 6.16. The lowest BCUT2D eigenvalue weighted by Crippen LogP contribution is -2.17. The third-order valence-electron chi connectivity index (χ3n) is 3.78. The first-order valence-corrected chi connectivity index (χ1v) is 8.06. The third-order valence-corrected chi connectivity index (χ3v) is 4.01. The quantitative estimate of drug-likeness (QED) is 0.890. The topological polar surface area (TPSA) is 42.7 Å². The van der Waals surface area contributed by atoms with E-state index < -0.39 is 0 Å². The van der Waals surface area contributed by atoms with Crippen molar-refractivity contribution >= 4 is 11.6 Å². The summed E-state index contributed by atoms with van der Waals surface area (Å²) in [5, 5.41) is 8.95. The average Bonchev–Trinajstić information content (AvgIpc) is 3.23. The second-order valence-electron chi connectivity index (χ2n) is 5.49. The van der Waals surface area contributed by atoms with Crippen molar-refractivity contribution in [2.24, 2.45) is 0 Å². The van der Waals surface area contributed by atoms with Gasteiger partial charge in [-0.25, -0.2) is 9.67 Å². The zero-order valence-electron chi connectivity index (χ0n) is 12.6. The van der Waals surface area contributed by atoms with E-state index in [0.29, 0.717) is 6.04 Å². The molecule has 1 N–H and O–H groups in total. The Bertz CT molecular complexity index is 631. The fraction of sp³-hybridized carbons (Fsp3) is 0.500. The highest BCUT2D eigenvalue weighted by Gasteiger charge is 2.21. The molecular weight excluding hydrogens is 284 g/mol. The molecule has 0 atom stereocenters. The number of rotatable bonds is 6. The average molecular weight is 305 g/mol. The molecule has 1 fully saturated rings. The standard InChI is InChI=1S/C16H21ClN4/c1-3-15-19-16(4-2)21(20-15)14-8-5-12(17)9-11(14)10-18-13-6-7-13/h5,8-9,13,18H,3-4,6-7,10H2,1-2H3. The Balaban J connectivity index is 1.97. The van der Waals surface area contributed by atoms with Crippen molar-refractivity contribution in [2.45, 2.75) is 52.1 Å². The first-order valence-electron chi connectivity index (χ1n) is 7.68. The van der Waals surface area contributed by atoms with Crippen LogP contribution in [0.25, 0.3) is 5.69 Å². The first-order chi connectivity index (χ1) is 10.2. The fourth-order valence-corrected chi connectivity index (χ4v) is 2.60. The molecule has 1 heterocycles. The number of aromatic nitrogens is 3. The highest BCUT2D eigenvalue weighted by atomic mass is 35.5. The van der Waals surface area contributed by atoms with Crippen molar-refractivity contribution in [3.05, 3.63) is 40.4 Å². The van der Waals surface area contributed by atoms with E-state index in [4.69, 9.17) is 11.6 Å². The van der Waals surface area contributed by atoms with Gasteiger partial charge >= 0.3 is 0 Å². The molecule has 4 nitrogen and oxygen atoms in total. The number of halogens is 1. The maximum Gasteiger partial charge on any atom is 0.151 e. The third kappa shape index (κ3) is 3.27. The normalized spacial score (nSPS) is 14.6. The maximum absolute atomic E-state index is 6.17. The molecule has 0 spiro atoms. The van der Waals surface area contributed by atoms with Crippen LogP contribution >= 0.6 is 11.6 Å². The molecule has 0 amide bonds. The van der Waals surface area contributed by atoms with Gasteiger partial charge < -0.3 is 5.32 Å². The van der Waals surface area contributed by atoms with Crippen LogP contribution in [0.15, 0.2) is 18.2 Å². The van der Waals surface area contributed by atoms with Gasteiger partial charge in [0.2, 0.25) is 0 Å². The second-order valence-corrected chi connectivity index (χ2v) is 5.93. The summed E-state index contributed by atoms with van der Waals surface area (Å²) in [6.07, 6.45) is 4.27. The first kappa shape index (κ1) is 14.5. The largest absolute Gasteiger partial charge is 0.310 e. The molecule has 0 unspecified atom stereocenters. The zero-order chi connectivity index (χ0) is 14.8. The molecule has 0 saturated heterocycles. The van der Waals surface area contributed by atoms with Crippen LogP contribution in [0.3, 0.4) is 0 Å². The molecule has 21 heavy (non-hydrogen) atoms. The summed E-state index contributed by atoms with van der Waals surface area (Å²) in [7, 11) is 0. The van der Waals surface area contributed by atoms with Crippen LogP contribution in [0.4, 0.5) is 0 Å². The highest BCUT2D eigenvalue weighted by Crippen LogP contribution is 2.24.